The van der Waals surface area contributed by atoms with Crippen molar-refractivity contribution in [1.29, 1.82) is 0 Å². The van der Waals surface area contributed by atoms with Crippen molar-refractivity contribution >= 4 is 0 Å². The van der Waals surface area contributed by atoms with Gasteiger partial charge in [-0.1, -0.05) is 12.8 Å². The third kappa shape index (κ3) is 2.21. The van der Waals surface area contributed by atoms with Gasteiger partial charge in [-0.15, -0.1) is 0 Å². The second-order valence-corrected chi connectivity index (χ2v) is 5.59. The molecule has 2 fully saturated rings. The van der Waals surface area contributed by atoms with Crippen LogP contribution in [0.25, 0.3) is 0 Å². The standard InChI is InChI=1S/C14H21N3O/c1-10-15-12(9-14(18)16-10)13-7-4-8-17(13)11-5-2-3-6-11/h9,11,13H,2-8H2,1H3,(H,15,16,18)/t13-/m1/s1. The smallest absolute Gasteiger partial charge is 0.251 e. The normalized spacial score (nSPS) is 25.9. The Hall–Kier alpha value is -1.16. The largest absolute Gasteiger partial charge is 0.311 e. The number of rotatable bonds is 2. The first kappa shape index (κ1) is 11.9. The van der Waals surface area contributed by atoms with Crippen LogP contribution in [0, 0.1) is 6.92 Å². The van der Waals surface area contributed by atoms with Crippen molar-refractivity contribution in [1.82, 2.24) is 14.9 Å². The molecule has 4 heteroatoms. The van der Waals surface area contributed by atoms with Crippen LogP contribution >= 0.6 is 0 Å². The Morgan fingerprint density at radius 3 is 2.78 bits per heavy atom. The molecule has 18 heavy (non-hydrogen) atoms. The molecule has 0 unspecified atom stereocenters. The monoisotopic (exact) mass is 247 g/mol. The molecule has 0 radical (unpaired) electrons. The van der Waals surface area contributed by atoms with Crippen molar-refractivity contribution in [3.05, 3.63) is 27.9 Å². The van der Waals surface area contributed by atoms with E-state index in [1.165, 1.54) is 38.6 Å². The third-order valence-corrected chi connectivity index (χ3v) is 4.31. The van der Waals surface area contributed by atoms with Crippen LogP contribution in [0.2, 0.25) is 0 Å². The molecule has 1 N–H and O–H groups in total. The van der Waals surface area contributed by atoms with Crippen molar-refractivity contribution < 1.29 is 0 Å². The minimum Gasteiger partial charge on any atom is -0.311 e. The van der Waals surface area contributed by atoms with E-state index in [-0.39, 0.29) is 5.56 Å². The van der Waals surface area contributed by atoms with Crippen LogP contribution in [0.5, 0.6) is 0 Å². The first-order chi connectivity index (χ1) is 8.74. The van der Waals surface area contributed by atoms with E-state index in [0.29, 0.717) is 6.04 Å². The van der Waals surface area contributed by atoms with E-state index in [0.717, 1.165) is 24.0 Å². The van der Waals surface area contributed by atoms with E-state index in [2.05, 4.69) is 14.9 Å². The molecular formula is C14H21N3O. The number of H-pyrrole nitrogens is 1. The topological polar surface area (TPSA) is 49.0 Å². The highest BCUT2D eigenvalue weighted by molar-refractivity contribution is 5.10. The maximum Gasteiger partial charge on any atom is 0.251 e. The van der Waals surface area contributed by atoms with Crippen LogP contribution in [-0.2, 0) is 0 Å². The predicted molar refractivity (Wildman–Crippen MR) is 70.5 cm³/mol. The molecule has 2 heterocycles. The fourth-order valence-corrected chi connectivity index (χ4v) is 3.55. The minimum absolute atomic E-state index is 0.0178. The molecule has 0 bridgehead atoms. The fourth-order valence-electron chi connectivity index (χ4n) is 3.55. The molecule has 0 amide bonds. The SMILES string of the molecule is Cc1nc([C@H]2CCCN2C2CCCC2)cc(=O)[nH]1. The maximum atomic E-state index is 11.6. The number of aromatic nitrogens is 2. The number of hydrogen-bond acceptors (Lipinski definition) is 3. The second kappa shape index (κ2) is 4.84. The van der Waals surface area contributed by atoms with Gasteiger partial charge in [0.25, 0.3) is 5.56 Å². The summed E-state index contributed by atoms with van der Waals surface area (Å²) in [5.41, 5.74) is 0.955. The molecule has 98 valence electrons. The molecule has 0 spiro atoms. The fraction of sp³-hybridized carbons (Fsp3) is 0.714. The maximum absolute atomic E-state index is 11.6. The van der Waals surface area contributed by atoms with Gasteiger partial charge in [-0.3, -0.25) is 9.69 Å². The molecule has 0 aromatic carbocycles. The Morgan fingerprint density at radius 1 is 1.28 bits per heavy atom. The van der Waals surface area contributed by atoms with Gasteiger partial charge in [0.15, 0.2) is 0 Å². The first-order valence-corrected chi connectivity index (χ1v) is 7.07. The lowest BCUT2D eigenvalue weighted by Gasteiger charge is -2.30. The summed E-state index contributed by atoms with van der Waals surface area (Å²) in [5.74, 6) is 0.732. The molecule has 1 atom stereocenters. The molecule has 1 aliphatic carbocycles. The van der Waals surface area contributed by atoms with Crippen molar-refractivity contribution in [2.45, 2.75) is 57.5 Å². The highest BCUT2D eigenvalue weighted by atomic mass is 16.1. The Labute approximate surface area is 107 Å². The zero-order valence-electron chi connectivity index (χ0n) is 11.0. The Balaban J connectivity index is 1.87. The van der Waals surface area contributed by atoms with E-state index in [9.17, 15) is 4.79 Å². The number of nitrogens with zero attached hydrogens (tertiary/aromatic N) is 2. The summed E-state index contributed by atoms with van der Waals surface area (Å²) in [4.78, 5) is 21.4. The predicted octanol–water partition coefficient (Wildman–Crippen LogP) is 2.16. The summed E-state index contributed by atoms with van der Waals surface area (Å²) in [5, 5.41) is 0. The Kier molecular flexibility index (Phi) is 3.20. The summed E-state index contributed by atoms with van der Waals surface area (Å²) >= 11 is 0. The van der Waals surface area contributed by atoms with Crippen LogP contribution in [0.15, 0.2) is 10.9 Å². The number of likely N-dealkylation sites (tertiary alicyclic amines) is 1. The minimum atomic E-state index is -0.0178. The van der Waals surface area contributed by atoms with Gasteiger partial charge in [-0.25, -0.2) is 4.98 Å². The van der Waals surface area contributed by atoms with Crippen LogP contribution in [0.3, 0.4) is 0 Å². The lowest BCUT2D eigenvalue weighted by atomic mass is 10.1. The van der Waals surface area contributed by atoms with Crippen LogP contribution in [0.4, 0.5) is 0 Å². The van der Waals surface area contributed by atoms with Gasteiger partial charge in [-0.2, -0.15) is 0 Å². The Bertz CT molecular complexity index is 476. The number of aromatic amines is 1. The van der Waals surface area contributed by atoms with Gasteiger partial charge in [0.2, 0.25) is 0 Å². The van der Waals surface area contributed by atoms with Crippen LogP contribution in [-0.4, -0.2) is 27.5 Å². The summed E-state index contributed by atoms with van der Waals surface area (Å²) in [6.07, 6.45) is 7.73. The summed E-state index contributed by atoms with van der Waals surface area (Å²) in [6, 6.07) is 2.78. The average Bonchev–Trinajstić information content (AvgIpc) is 2.98. The molecule has 1 saturated heterocycles. The van der Waals surface area contributed by atoms with Gasteiger partial charge >= 0.3 is 0 Å². The van der Waals surface area contributed by atoms with Crippen molar-refractivity contribution in [3.8, 4) is 0 Å². The third-order valence-electron chi connectivity index (χ3n) is 4.31. The van der Waals surface area contributed by atoms with Gasteiger partial charge < -0.3 is 4.98 Å². The van der Waals surface area contributed by atoms with E-state index in [4.69, 9.17) is 0 Å². The number of nitrogens with one attached hydrogen (secondary N) is 1. The quantitative estimate of drug-likeness (QED) is 0.871. The lowest BCUT2D eigenvalue weighted by molar-refractivity contribution is 0.179. The van der Waals surface area contributed by atoms with E-state index >= 15 is 0 Å². The molecule has 2 aliphatic rings. The molecule has 3 rings (SSSR count). The summed E-state index contributed by atoms with van der Waals surface area (Å²) in [7, 11) is 0. The molecular weight excluding hydrogens is 226 g/mol. The van der Waals surface area contributed by atoms with E-state index < -0.39 is 0 Å². The van der Waals surface area contributed by atoms with Gasteiger partial charge in [0.1, 0.15) is 5.82 Å². The lowest BCUT2D eigenvalue weighted by Crippen LogP contribution is -2.33. The molecule has 4 nitrogen and oxygen atoms in total. The number of hydrogen-bond donors (Lipinski definition) is 1. The second-order valence-electron chi connectivity index (χ2n) is 5.59. The zero-order chi connectivity index (χ0) is 12.5. The zero-order valence-corrected chi connectivity index (χ0v) is 11.0. The van der Waals surface area contributed by atoms with Gasteiger partial charge in [-0.05, 0) is 39.2 Å². The summed E-state index contributed by atoms with van der Waals surface area (Å²) < 4.78 is 0. The van der Waals surface area contributed by atoms with E-state index in [1.54, 1.807) is 6.07 Å². The van der Waals surface area contributed by atoms with Gasteiger partial charge in [0.05, 0.1) is 11.7 Å². The number of aryl methyl sites for hydroxylation is 1. The van der Waals surface area contributed by atoms with Crippen molar-refractivity contribution in [2.24, 2.45) is 0 Å². The summed E-state index contributed by atoms with van der Waals surface area (Å²) in [6.45, 7) is 3.03. The van der Waals surface area contributed by atoms with Crippen LogP contribution < -0.4 is 5.56 Å². The Morgan fingerprint density at radius 2 is 2.06 bits per heavy atom. The highest BCUT2D eigenvalue weighted by Crippen LogP contribution is 2.37. The van der Waals surface area contributed by atoms with Crippen molar-refractivity contribution in [2.75, 3.05) is 6.54 Å². The molecule has 1 aliphatic heterocycles. The van der Waals surface area contributed by atoms with Crippen molar-refractivity contribution in [3.63, 3.8) is 0 Å². The molecule has 1 saturated carbocycles. The first-order valence-electron chi connectivity index (χ1n) is 7.07. The van der Waals surface area contributed by atoms with E-state index in [1.807, 2.05) is 6.92 Å². The average molecular weight is 247 g/mol. The van der Waals surface area contributed by atoms with Gasteiger partial charge in [0, 0.05) is 12.1 Å². The molecule has 1 aromatic rings. The molecule has 1 aromatic heterocycles. The van der Waals surface area contributed by atoms with Crippen LogP contribution in [0.1, 0.15) is 56.1 Å². The highest BCUT2D eigenvalue weighted by Gasteiger charge is 2.34.